The van der Waals surface area contributed by atoms with Crippen molar-refractivity contribution in [2.24, 2.45) is 0 Å². The van der Waals surface area contributed by atoms with Crippen molar-refractivity contribution >= 4 is 45.1 Å². The summed E-state index contributed by atoms with van der Waals surface area (Å²) in [7, 11) is 0. The van der Waals surface area contributed by atoms with Crippen LogP contribution in [-0.4, -0.2) is 29.9 Å². The van der Waals surface area contributed by atoms with E-state index in [9.17, 15) is 36.9 Å². The monoisotopic (exact) mass is 840 g/mol. The molecule has 0 aliphatic carbocycles. The van der Waals surface area contributed by atoms with E-state index in [0.29, 0.717) is 44.1 Å². The summed E-state index contributed by atoms with van der Waals surface area (Å²) in [6.45, 7) is 3.50. The molecule has 6 N–H and O–H groups in total. The lowest BCUT2D eigenvalue weighted by molar-refractivity contribution is 0.583. The number of nitrogen functional groups attached to an aromatic ring is 2. The average molecular weight is 841 g/mol. The van der Waals surface area contributed by atoms with E-state index in [-0.39, 0.29) is 45.5 Å². The molecular formula is C44H30F6N12. The topological polar surface area (TPSA) is 201 Å². The Kier molecular flexibility index (Phi) is 11.8. The van der Waals surface area contributed by atoms with Crippen LogP contribution >= 0.6 is 0 Å². The maximum Gasteiger partial charge on any atom is 0.150 e. The molecule has 62 heavy (non-hydrogen) atoms. The Morgan fingerprint density at radius 1 is 0.500 bits per heavy atom. The standard InChI is InChI=1S/2C22H15F3N6/c2*1-11(31-22-17(8-26)21(27)29-10-30-22)18-9-28-19-3-2-13(23)7-16(19)20(18)12-4-14(24)6-15(25)5-12/h2*2-7,9-11H,1H3,(H3,27,29,30,31)/t2*11-/m10/s1. The van der Waals surface area contributed by atoms with Gasteiger partial charge < -0.3 is 22.1 Å². The molecule has 8 aromatic rings. The van der Waals surface area contributed by atoms with Crippen LogP contribution in [-0.2, 0) is 0 Å². The SMILES string of the molecule is C[C@@H](Nc1ncnc(N)c1C#N)c1cnc2ccc(F)cc2c1-c1cc(F)cc(F)c1.C[C@H](Nc1ncnc(N)c1C#N)c1cnc2ccc(F)cc2c1-c1cc(F)cc(F)c1. The minimum atomic E-state index is -0.765. The quantitative estimate of drug-likeness (QED) is 0.106. The van der Waals surface area contributed by atoms with Crippen molar-refractivity contribution in [2.45, 2.75) is 25.9 Å². The highest BCUT2D eigenvalue weighted by molar-refractivity contribution is 5.97. The zero-order valence-electron chi connectivity index (χ0n) is 32.4. The van der Waals surface area contributed by atoms with Crippen LogP contribution in [0.3, 0.4) is 0 Å². The van der Waals surface area contributed by atoms with Crippen LogP contribution in [0.15, 0.2) is 97.8 Å². The van der Waals surface area contributed by atoms with Gasteiger partial charge in [0.1, 0.15) is 94.1 Å². The van der Waals surface area contributed by atoms with Gasteiger partial charge in [0.05, 0.1) is 23.1 Å². The largest absolute Gasteiger partial charge is 0.382 e. The van der Waals surface area contributed by atoms with Crippen LogP contribution in [0.25, 0.3) is 44.1 Å². The molecule has 0 spiro atoms. The third kappa shape index (κ3) is 8.66. The summed E-state index contributed by atoms with van der Waals surface area (Å²) in [5, 5.41) is 25.6. The van der Waals surface area contributed by atoms with E-state index in [1.54, 1.807) is 13.8 Å². The van der Waals surface area contributed by atoms with Crippen molar-refractivity contribution < 1.29 is 26.3 Å². The first-order chi connectivity index (χ1) is 29.7. The molecule has 0 unspecified atom stereocenters. The summed E-state index contributed by atoms with van der Waals surface area (Å²) in [5.41, 5.74) is 14.8. The number of nitrogens with one attached hydrogen (secondary N) is 2. The van der Waals surface area contributed by atoms with Gasteiger partial charge in [0.15, 0.2) is 0 Å². The molecule has 8 rings (SSSR count). The maximum atomic E-state index is 14.1. The fourth-order valence-corrected chi connectivity index (χ4v) is 6.86. The third-order valence-corrected chi connectivity index (χ3v) is 9.64. The van der Waals surface area contributed by atoms with Crippen molar-refractivity contribution in [3.8, 4) is 34.4 Å². The summed E-state index contributed by atoms with van der Waals surface area (Å²) in [6, 6.07) is 17.0. The van der Waals surface area contributed by atoms with Gasteiger partial charge in [-0.25, -0.2) is 46.3 Å². The van der Waals surface area contributed by atoms with Gasteiger partial charge in [0, 0.05) is 46.4 Å². The Labute approximate surface area is 348 Å². The molecular weight excluding hydrogens is 811 g/mol. The molecule has 0 radical (unpaired) electrons. The predicted octanol–water partition coefficient (Wildman–Crippen LogP) is 9.47. The summed E-state index contributed by atoms with van der Waals surface area (Å²) < 4.78 is 84.1. The highest BCUT2D eigenvalue weighted by atomic mass is 19.2. The zero-order valence-corrected chi connectivity index (χ0v) is 32.4. The molecule has 12 nitrogen and oxygen atoms in total. The number of nitrogens with zero attached hydrogens (tertiary/aromatic N) is 8. The van der Waals surface area contributed by atoms with Gasteiger partial charge in [-0.2, -0.15) is 10.5 Å². The lowest BCUT2D eigenvalue weighted by Crippen LogP contribution is -2.13. The van der Waals surface area contributed by atoms with Crippen molar-refractivity contribution in [1.82, 2.24) is 29.9 Å². The van der Waals surface area contributed by atoms with Crippen molar-refractivity contribution in [3.05, 3.63) is 155 Å². The highest BCUT2D eigenvalue weighted by Gasteiger charge is 2.22. The molecule has 4 heterocycles. The molecule has 0 saturated carbocycles. The number of halogens is 6. The van der Waals surface area contributed by atoms with Gasteiger partial charge in [0.25, 0.3) is 0 Å². The van der Waals surface area contributed by atoms with Crippen LogP contribution in [0.2, 0.25) is 0 Å². The van der Waals surface area contributed by atoms with Gasteiger partial charge in [-0.15, -0.1) is 0 Å². The van der Waals surface area contributed by atoms with E-state index >= 15 is 0 Å². The van der Waals surface area contributed by atoms with Crippen molar-refractivity contribution in [3.63, 3.8) is 0 Å². The van der Waals surface area contributed by atoms with Gasteiger partial charge in [-0.1, -0.05) is 0 Å². The van der Waals surface area contributed by atoms with E-state index < -0.39 is 47.0 Å². The van der Waals surface area contributed by atoms with Gasteiger partial charge in [0.2, 0.25) is 0 Å². The lowest BCUT2D eigenvalue weighted by atomic mass is 9.93. The number of aromatic nitrogens is 6. The molecule has 0 aliphatic rings. The van der Waals surface area contributed by atoms with Crippen LogP contribution in [0.4, 0.5) is 49.6 Å². The number of nitriles is 2. The molecule has 0 amide bonds. The summed E-state index contributed by atoms with van der Waals surface area (Å²) in [4.78, 5) is 24.4. The summed E-state index contributed by atoms with van der Waals surface area (Å²) in [5.74, 6) is -3.68. The van der Waals surface area contributed by atoms with Gasteiger partial charge in [-0.05, 0) is 96.8 Å². The Bertz CT molecular complexity index is 2870. The Hall–Kier alpha value is -8.38. The number of hydrogen-bond donors (Lipinski definition) is 4. The third-order valence-electron chi connectivity index (χ3n) is 9.64. The number of nitrogens with two attached hydrogens (primary N) is 2. The van der Waals surface area contributed by atoms with E-state index in [2.05, 4.69) is 40.5 Å². The fraction of sp³-hybridized carbons (Fsp3) is 0.0909. The van der Waals surface area contributed by atoms with Gasteiger partial charge in [-0.3, -0.25) is 9.97 Å². The summed E-state index contributed by atoms with van der Waals surface area (Å²) in [6.07, 6.45) is 5.49. The fourth-order valence-electron chi connectivity index (χ4n) is 6.86. The smallest absolute Gasteiger partial charge is 0.150 e. The number of anilines is 4. The van der Waals surface area contributed by atoms with Crippen LogP contribution in [0, 0.1) is 57.6 Å². The van der Waals surface area contributed by atoms with E-state index in [1.165, 1.54) is 85.7 Å². The normalized spacial score (nSPS) is 11.8. The van der Waals surface area contributed by atoms with Crippen LogP contribution in [0.5, 0.6) is 0 Å². The molecule has 2 atom stereocenters. The first-order valence-corrected chi connectivity index (χ1v) is 18.4. The van der Waals surface area contributed by atoms with Gasteiger partial charge >= 0.3 is 0 Å². The molecule has 0 fully saturated rings. The molecule has 0 bridgehead atoms. The van der Waals surface area contributed by atoms with Crippen LogP contribution < -0.4 is 22.1 Å². The summed E-state index contributed by atoms with van der Waals surface area (Å²) >= 11 is 0. The van der Waals surface area contributed by atoms with E-state index in [1.807, 2.05) is 12.1 Å². The number of fused-ring (bicyclic) bond motifs is 2. The minimum absolute atomic E-state index is 0.0123. The second kappa shape index (κ2) is 17.5. The number of benzene rings is 4. The molecule has 4 aromatic carbocycles. The zero-order chi connectivity index (χ0) is 44.2. The predicted molar refractivity (Wildman–Crippen MR) is 221 cm³/mol. The van der Waals surface area contributed by atoms with Crippen molar-refractivity contribution in [1.29, 1.82) is 10.5 Å². The number of hydrogen-bond acceptors (Lipinski definition) is 12. The molecule has 18 heteroatoms. The van der Waals surface area contributed by atoms with Crippen molar-refractivity contribution in [2.75, 3.05) is 22.1 Å². The van der Waals surface area contributed by atoms with E-state index in [4.69, 9.17) is 11.5 Å². The average Bonchev–Trinajstić information content (AvgIpc) is 3.22. The highest BCUT2D eigenvalue weighted by Crippen LogP contribution is 2.38. The second-order valence-electron chi connectivity index (χ2n) is 13.7. The Morgan fingerprint density at radius 3 is 1.23 bits per heavy atom. The molecule has 308 valence electrons. The number of pyridine rings is 2. The van der Waals surface area contributed by atoms with E-state index in [0.717, 1.165) is 12.1 Å². The lowest BCUT2D eigenvalue weighted by Gasteiger charge is -2.21. The van der Waals surface area contributed by atoms with Crippen LogP contribution in [0.1, 0.15) is 48.2 Å². The maximum absolute atomic E-state index is 14.1. The molecule has 0 aliphatic heterocycles. The first-order valence-electron chi connectivity index (χ1n) is 18.4. The Morgan fingerprint density at radius 2 is 0.871 bits per heavy atom. The minimum Gasteiger partial charge on any atom is -0.382 e. The first kappa shape index (κ1) is 41.8. The Balaban J connectivity index is 0.000000186. The molecule has 4 aromatic heterocycles. The second-order valence-corrected chi connectivity index (χ2v) is 13.7. The number of rotatable bonds is 8. The molecule has 0 saturated heterocycles.